The van der Waals surface area contributed by atoms with E-state index >= 15 is 0 Å². The molecule has 3 atom stereocenters. The first-order chi connectivity index (χ1) is 15.7. The van der Waals surface area contributed by atoms with Crippen molar-refractivity contribution in [3.63, 3.8) is 0 Å². The van der Waals surface area contributed by atoms with Crippen molar-refractivity contribution in [3.8, 4) is 0 Å². The van der Waals surface area contributed by atoms with Crippen LogP contribution in [0.1, 0.15) is 63.6 Å². The van der Waals surface area contributed by atoms with Crippen molar-refractivity contribution in [3.05, 3.63) is 71.8 Å². The summed E-state index contributed by atoms with van der Waals surface area (Å²) in [6.45, 7) is 6.18. The fourth-order valence-corrected chi connectivity index (χ4v) is 4.84. The molecule has 33 heavy (non-hydrogen) atoms. The lowest BCUT2D eigenvalue weighted by atomic mass is 9.85. The zero-order valence-corrected chi connectivity index (χ0v) is 21.1. The van der Waals surface area contributed by atoms with E-state index < -0.39 is 6.04 Å². The standard InChI is InChI=1S/C27H38N4OS/c1-27(2,3)24(30-26(33)29-22-18-12-11-17-21(22)28)25(32)31(4)23(19-13-7-5-8-14-19)20-15-9-6-10-16-20/h5-10,13-16,21-24H,11-12,17-18,28H2,1-4H3,(H2,29,30,33). The predicted molar refractivity (Wildman–Crippen MR) is 140 cm³/mol. The third-order valence-corrected chi connectivity index (χ3v) is 6.73. The van der Waals surface area contributed by atoms with Crippen LogP contribution in [-0.2, 0) is 4.79 Å². The van der Waals surface area contributed by atoms with E-state index in [9.17, 15) is 4.79 Å². The number of benzene rings is 2. The molecule has 2 aromatic rings. The minimum absolute atomic E-state index is 0.00250. The van der Waals surface area contributed by atoms with Crippen molar-refractivity contribution in [2.75, 3.05) is 7.05 Å². The normalized spacial score (nSPS) is 19.6. The molecule has 3 unspecified atom stereocenters. The summed E-state index contributed by atoms with van der Waals surface area (Å²) >= 11 is 5.64. The molecular weight excluding hydrogens is 428 g/mol. The third kappa shape index (κ3) is 6.55. The number of likely N-dealkylation sites (N-methyl/N-ethyl adjacent to an activating group) is 1. The molecule has 0 heterocycles. The van der Waals surface area contributed by atoms with Gasteiger partial charge in [0.1, 0.15) is 6.04 Å². The predicted octanol–water partition coefficient (Wildman–Crippen LogP) is 4.38. The van der Waals surface area contributed by atoms with E-state index in [1.54, 1.807) is 0 Å². The maximum Gasteiger partial charge on any atom is 0.246 e. The average Bonchev–Trinajstić information content (AvgIpc) is 2.79. The fourth-order valence-electron chi connectivity index (χ4n) is 4.57. The SMILES string of the molecule is CN(C(=O)C(NC(=S)NC1CCCCC1N)C(C)(C)C)C(c1ccccc1)c1ccccc1. The molecule has 0 aliphatic heterocycles. The van der Waals surface area contributed by atoms with E-state index in [0.29, 0.717) is 5.11 Å². The van der Waals surface area contributed by atoms with Gasteiger partial charge >= 0.3 is 0 Å². The maximum absolute atomic E-state index is 13.9. The molecule has 0 aromatic heterocycles. The summed E-state index contributed by atoms with van der Waals surface area (Å²) in [6, 6.07) is 19.8. The van der Waals surface area contributed by atoms with E-state index in [1.807, 2.05) is 48.3 Å². The summed E-state index contributed by atoms with van der Waals surface area (Å²) in [5, 5.41) is 7.21. The maximum atomic E-state index is 13.9. The average molecular weight is 467 g/mol. The van der Waals surface area contributed by atoms with Crippen LogP contribution in [0.15, 0.2) is 60.7 Å². The second-order valence-corrected chi connectivity index (χ2v) is 10.6. The Kier molecular flexibility index (Phi) is 8.49. The summed E-state index contributed by atoms with van der Waals surface area (Å²) in [5.41, 5.74) is 8.09. The van der Waals surface area contributed by atoms with Gasteiger partial charge in [-0.05, 0) is 41.6 Å². The number of thiocarbonyl (C=S) groups is 1. The summed E-state index contributed by atoms with van der Waals surface area (Å²) in [7, 11) is 1.88. The first-order valence-corrected chi connectivity index (χ1v) is 12.3. The molecule has 0 spiro atoms. The number of carbonyl (C=O) groups excluding carboxylic acids is 1. The van der Waals surface area contributed by atoms with Crippen molar-refractivity contribution in [2.24, 2.45) is 11.1 Å². The number of nitrogens with zero attached hydrogens (tertiary/aromatic N) is 1. The molecule has 1 aliphatic carbocycles. The van der Waals surface area contributed by atoms with Gasteiger partial charge < -0.3 is 21.3 Å². The molecule has 0 bridgehead atoms. The highest BCUT2D eigenvalue weighted by Gasteiger charge is 2.37. The lowest BCUT2D eigenvalue weighted by molar-refractivity contribution is -0.135. The number of hydrogen-bond donors (Lipinski definition) is 3. The Morgan fingerprint density at radius 3 is 2.00 bits per heavy atom. The van der Waals surface area contributed by atoms with Gasteiger partial charge in [-0.2, -0.15) is 0 Å². The van der Waals surface area contributed by atoms with Crippen LogP contribution in [0.4, 0.5) is 0 Å². The van der Waals surface area contributed by atoms with Gasteiger partial charge in [-0.25, -0.2) is 0 Å². The molecule has 4 N–H and O–H groups in total. The molecule has 0 radical (unpaired) electrons. The first kappa shape index (κ1) is 25.2. The van der Waals surface area contributed by atoms with Crippen LogP contribution in [0.3, 0.4) is 0 Å². The van der Waals surface area contributed by atoms with Crippen molar-refractivity contribution in [1.29, 1.82) is 0 Å². The Morgan fingerprint density at radius 1 is 1.00 bits per heavy atom. The highest BCUT2D eigenvalue weighted by Crippen LogP contribution is 2.30. The molecule has 0 saturated heterocycles. The van der Waals surface area contributed by atoms with Gasteiger partial charge in [0.15, 0.2) is 5.11 Å². The van der Waals surface area contributed by atoms with Crippen molar-refractivity contribution in [2.45, 2.75) is 70.6 Å². The van der Waals surface area contributed by atoms with Crippen LogP contribution >= 0.6 is 12.2 Å². The van der Waals surface area contributed by atoms with Gasteiger partial charge in [-0.1, -0.05) is 94.3 Å². The molecule has 3 rings (SSSR count). The largest absolute Gasteiger partial charge is 0.358 e. The zero-order chi connectivity index (χ0) is 24.0. The van der Waals surface area contributed by atoms with Gasteiger partial charge in [0.25, 0.3) is 0 Å². The number of rotatable bonds is 6. The van der Waals surface area contributed by atoms with Crippen LogP contribution in [0.5, 0.6) is 0 Å². The van der Waals surface area contributed by atoms with Crippen LogP contribution in [0.25, 0.3) is 0 Å². The summed E-state index contributed by atoms with van der Waals surface area (Å²) in [5.74, 6) is -0.00250. The smallest absolute Gasteiger partial charge is 0.246 e. The van der Waals surface area contributed by atoms with Gasteiger partial charge in [-0.3, -0.25) is 4.79 Å². The Balaban J connectivity index is 1.83. The Labute approximate surface area is 204 Å². The minimum atomic E-state index is -0.489. The van der Waals surface area contributed by atoms with Crippen LogP contribution in [0.2, 0.25) is 0 Å². The number of carbonyl (C=O) groups is 1. The van der Waals surface area contributed by atoms with Crippen LogP contribution in [-0.4, -0.2) is 41.1 Å². The molecule has 1 amide bonds. The third-order valence-electron chi connectivity index (χ3n) is 6.49. The lowest BCUT2D eigenvalue weighted by Crippen LogP contribution is -2.59. The van der Waals surface area contributed by atoms with E-state index in [1.165, 1.54) is 0 Å². The van der Waals surface area contributed by atoms with Crippen LogP contribution < -0.4 is 16.4 Å². The number of nitrogens with two attached hydrogens (primary N) is 1. The summed E-state index contributed by atoms with van der Waals surface area (Å²) < 4.78 is 0. The van der Waals surface area contributed by atoms with Gasteiger partial charge in [0, 0.05) is 19.1 Å². The molecule has 6 heteroatoms. The monoisotopic (exact) mass is 466 g/mol. The second-order valence-electron chi connectivity index (χ2n) is 10.1. The molecule has 5 nitrogen and oxygen atoms in total. The van der Waals surface area contributed by atoms with Crippen LogP contribution in [0, 0.1) is 5.41 Å². The zero-order valence-electron chi connectivity index (χ0n) is 20.3. The number of nitrogens with one attached hydrogen (secondary N) is 2. The molecule has 1 aliphatic rings. The quantitative estimate of drug-likeness (QED) is 0.551. The van der Waals surface area contributed by atoms with E-state index in [-0.39, 0.29) is 29.4 Å². The topological polar surface area (TPSA) is 70.4 Å². The summed E-state index contributed by atoms with van der Waals surface area (Å²) in [6.07, 6.45) is 4.31. The van der Waals surface area contributed by atoms with Crippen molar-refractivity contribution in [1.82, 2.24) is 15.5 Å². The van der Waals surface area contributed by atoms with E-state index in [2.05, 4.69) is 55.7 Å². The molecule has 1 saturated carbocycles. The van der Waals surface area contributed by atoms with E-state index in [0.717, 1.165) is 36.8 Å². The molecule has 1 fully saturated rings. The highest BCUT2D eigenvalue weighted by atomic mass is 32.1. The fraction of sp³-hybridized carbons (Fsp3) is 0.481. The lowest BCUT2D eigenvalue weighted by Gasteiger charge is -2.38. The minimum Gasteiger partial charge on any atom is -0.358 e. The highest BCUT2D eigenvalue weighted by molar-refractivity contribution is 7.80. The van der Waals surface area contributed by atoms with E-state index in [4.69, 9.17) is 18.0 Å². The number of hydrogen-bond acceptors (Lipinski definition) is 3. The molecule has 2 aromatic carbocycles. The van der Waals surface area contributed by atoms with Gasteiger partial charge in [0.05, 0.1) is 6.04 Å². The molecular formula is C27H38N4OS. The first-order valence-electron chi connectivity index (χ1n) is 11.9. The van der Waals surface area contributed by atoms with Gasteiger partial charge in [-0.15, -0.1) is 0 Å². The second kappa shape index (κ2) is 11.1. The Hall–Kier alpha value is -2.44. The van der Waals surface area contributed by atoms with Crippen molar-refractivity contribution >= 4 is 23.2 Å². The number of amides is 1. The van der Waals surface area contributed by atoms with Gasteiger partial charge in [0.2, 0.25) is 5.91 Å². The Morgan fingerprint density at radius 2 is 1.52 bits per heavy atom. The summed E-state index contributed by atoms with van der Waals surface area (Å²) in [4.78, 5) is 15.8. The van der Waals surface area contributed by atoms with Crippen molar-refractivity contribution < 1.29 is 4.79 Å². The molecule has 178 valence electrons. The Bertz CT molecular complexity index is 873.